The predicted octanol–water partition coefficient (Wildman–Crippen LogP) is 1.03. The Balaban J connectivity index is 0.000000706. The van der Waals surface area contributed by atoms with Crippen LogP contribution >= 0.6 is 0 Å². The fraction of sp³-hybridized carbons (Fsp3) is 0.118. The lowest BCUT2D eigenvalue weighted by molar-refractivity contribution is -0.122. The molecule has 0 atom stereocenters. The van der Waals surface area contributed by atoms with Crippen molar-refractivity contribution in [2.45, 2.75) is 13.5 Å². The zero-order valence-corrected chi connectivity index (χ0v) is 14.8. The molecular formula is C17H16N8O3. The number of carbonyl (C=O) groups excluding carboxylic acids is 1. The van der Waals surface area contributed by atoms with Crippen LogP contribution in [-0.4, -0.2) is 52.3 Å². The molecule has 1 aromatic carbocycles. The van der Waals surface area contributed by atoms with Crippen LogP contribution in [0.3, 0.4) is 0 Å². The van der Waals surface area contributed by atoms with E-state index in [9.17, 15) is 4.79 Å². The van der Waals surface area contributed by atoms with Crippen LogP contribution in [0.15, 0.2) is 48.9 Å². The number of fused-ring (bicyclic) bond motifs is 1. The van der Waals surface area contributed by atoms with E-state index in [1.165, 1.54) is 0 Å². The minimum Gasteiger partial charge on any atom is -0.483 e. The SMILES string of the molecule is Cc1nc2c(NC(=O)c3ccc(Cn4cnnn4)cc3)cccn2n1.O=CO. The summed E-state index contributed by atoms with van der Waals surface area (Å²) in [7, 11) is 0. The highest BCUT2D eigenvalue weighted by Gasteiger charge is 2.11. The maximum Gasteiger partial charge on any atom is 0.290 e. The highest BCUT2D eigenvalue weighted by atomic mass is 16.3. The van der Waals surface area contributed by atoms with Crippen LogP contribution in [0.4, 0.5) is 5.69 Å². The third-order valence-corrected chi connectivity index (χ3v) is 3.67. The van der Waals surface area contributed by atoms with E-state index >= 15 is 0 Å². The Labute approximate surface area is 158 Å². The van der Waals surface area contributed by atoms with Crippen molar-refractivity contribution in [1.82, 2.24) is 34.8 Å². The van der Waals surface area contributed by atoms with Gasteiger partial charge in [0.1, 0.15) is 12.2 Å². The summed E-state index contributed by atoms with van der Waals surface area (Å²) in [5.41, 5.74) is 2.78. The quantitative estimate of drug-likeness (QED) is 0.500. The number of hydrogen-bond donors (Lipinski definition) is 2. The number of nitrogens with one attached hydrogen (secondary N) is 1. The van der Waals surface area contributed by atoms with Gasteiger partial charge in [0.05, 0.1) is 12.2 Å². The standard InChI is InChI=1S/C16H14N8O.CH2O2/c1-11-18-15-14(3-2-8-24(15)20-11)19-16(25)13-6-4-12(5-7-13)9-23-10-17-21-22-23;2-1-3/h2-8,10H,9H2,1H3,(H,19,25);1H,(H,2,3). The number of nitrogens with zero attached hydrogens (tertiary/aromatic N) is 7. The number of rotatable bonds is 4. The van der Waals surface area contributed by atoms with Crippen LogP contribution in [0.5, 0.6) is 0 Å². The molecule has 0 saturated carbocycles. The molecule has 1 amide bonds. The summed E-state index contributed by atoms with van der Waals surface area (Å²) in [6.45, 7) is 2.11. The minimum atomic E-state index is -0.250. The van der Waals surface area contributed by atoms with Gasteiger partial charge in [-0.2, -0.15) is 5.10 Å². The third-order valence-electron chi connectivity index (χ3n) is 3.67. The molecule has 0 unspecified atom stereocenters. The molecule has 0 aliphatic carbocycles. The van der Waals surface area contributed by atoms with E-state index < -0.39 is 0 Å². The normalized spacial score (nSPS) is 10.2. The Morgan fingerprint density at radius 2 is 2.00 bits per heavy atom. The fourth-order valence-electron chi connectivity index (χ4n) is 2.51. The zero-order chi connectivity index (χ0) is 19.9. The van der Waals surface area contributed by atoms with Crippen molar-refractivity contribution in [1.29, 1.82) is 0 Å². The lowest BCUT2D eigenvalue weighted by atomic mass is 10.1. The molecule has 11 nitrogen and oxygen atoms in total. The van der Waals surface area contributed by atoms with E-state index in [2.05, 4.69) is 30.9 Å². The van der Waals surface area contributed by atoms with Gasteiger partial charge in [-0.05, 0) is 47.2 Å². The van der Waals surface area contributed by atoms with Crippen molar-refractivity contribution in [2.24, 2.45) is 0 Å². The van der Waals surface area contributed by atoms with Gasteiger partial charge in [-0.15, -0.1) is 5.10 Å². The van der Waals surface area contributed by atoms with Crippen LogP contribution in [0.2, 0.25) is 0 Å². The first-order chi connectivity index (χ1) is 13.6. The number of pyridine rings is 1. The number of benzene rings is 1. The van der Waals surface area contributed by atoms with Gasteiger partial charge >= 0.3 is 0 Å². The first-order valence-electron chi connectivity index (χ1n) is 8.11. The summed E-state index contributed by atoms with van der Waals surface area (Å²) in [4.78, 5) is 25.2. The number of hydrogen-bond acceptors (Lipinski definition) is 7. The van der Waals surface area contributed by atoms with Crippen molar-refractivity contribution >= 4 is 23.7 Å². The number of anilines is 1. The third kappa shape index (κ3) is 4.33. The number of carbonyl (C=O) groups is 2. The van der Waals surface area contributed by atoms with Gasteiger partial charge in [0.15, 0.2) is 5.65 Å². The maximum absolute atomic E-state index is 12.5. The average molecular weight is 380 g/mol. The van der Waals surface area contributed by atoms with Gasteiger partial charge in [0, 0.05) is 11.8 Å². The molecule has 0 spiro atoms. The average Bonchev–Trinajstić information content (AvgIpc) is 3.32. The Kier molecular flexibility index (Phi) is 5.65. The van der Waals surface area contributed by atoms with Gasteiger partial charge in [-0.25, -0.2) is 14.2 Å². The van der Waals surface area contributed by atoms with Crippen LogP contribution in [0, 0.1) is 6.92 Å². The van der Waals surface area contributed by atoms with Gasteiger partial charge in [0.2, 0.25) is 0 Å². The highest BCUT2D eigenvalue weighted by Crippen LogP contribution is 2.16. The lowest BCUT2D eigenvalue weighted by Gasteiger charge is -2.07. The molecule has 3 heterocycles. The van der Waals surface area contributed by atoms with Crippen molar-refractivity contribution in [2.75, 3.05) is 5.32 Å². The van der Waals surface area contributed by atoms with Gasteiger partial charge in [-0.3, -0.25) is 9.59 Å². The lowest BCUT2D eigenvalue weighted by Crippen LogP contribution is -2.13. The molecule has 2 N–H and O–H groups in total. The monoisotopic (exact) mass is 380 g/mol. The zero-order valence-electron chi connectivity index (χ0n) is 14.8. The van der Waals surface area contributed by atoms with E-state index in [1.54, 1.807) is 39.9 Å². The van der Waals surface area contributed by atoms with Crippen LogP contribution in [0.25, 0.3) is 5.65 Å². The summed E-state index contributed by atoms with van der Waals surface area (Å²) in [5, 5.41) is 25.0. The number of aryl methyl sites for hydroxylation is 1. The first-order valence-corrected chi connectivity index (χ1v) is 8.11. The smallest absolute Gasteiger partial charge is 0.290 e. The molecular weight excluding hydrogens is 364 g/mol. The number of amides is 1. The van der Waals surface area contributed by atoms with Gasteiger partial charge < -0.3 is 10.4 Å². The van der Waals surface area contributed by atoms with E-state index in [4.69, 9.17) is 9.90 Å². The Bertz CT molecular complexity index is 1070. The summed E-state index contributed by atoms with van der Waals surface area (Å²) in [6, 6.07) is 10.9. The van der Waals surface area contributed by atoms with Crippen molar-refractivity contribution in [3.63, 3.8) is 0 Å². The molecule has 0 aliphatic heterocycles. The molecule has 11 heteroatoms. The van der Waals surface area contributed by atoms with Gasteiger partial charge in [0.25, 0.3) is 12.4 Å². The molecule has 3 aromatic heterocycles. The second-order valence-corrected chi connectivity index (χ2v) is 5.61. The van der Waals surface area contributed by atoms with Crippen LogP contribution in [0.1, 0.15) is 21.7 Å². The molecule has 4 aromatic rings. The van der Waals surface area contributed by atoms with E-state index in [0.29, 0.717) is 29.3 Å². The molecule has 28 heavy (non-hydrogen) atoms. The second kappa shape index (κ2) is 8.49. The Morgan fingerprint density at radius 1 is 1.25 bits per heavy atom. The molecule has 0 saturated heterocycles. The topological polar surface area (TPSA) is 140 Å². The summed E-state index contributed by atoms with van der Waals surface area (Å²) in [5.74, 6) is 0.441. The van der Waals surface area contributed by atoms with Gasteiger partial charge in [-0.1, -0.05) is 12.1 Å². The second-order valence-electron chi connectivity index (χ2n) is 5.61. The van der Waals surface area contributed by atoms with Crippen molar-refractivity contribution < 1.29 is 14.7 Å². The predicted molar refractivity (Wildman–Crippen MR) is 97.7 cm³/mol. The molecule has 0 bridgehead atoms. The number of carboxylic acid groups (broad SMARTS) is 1. The summed E-state index contributed by atoms with van der Waals surface area (Å²) >= 11 is 0. The first kappa shape index (κ1) is 18.6. The van der Waals surface area contributed by atoms with Crippen LogP contribution in [-0.2, 0) is 11.3 Å². The highest BCUT2D eigenvalue weighted by molar-refractivity contribution is 6.05. The van der Waals surface area contributed by atoms with E-state index in [0.717, 1.165) is 5.56 Å². The van der Waals surface area contributed by atoms with Crippen molar-refractivity contribution in [3.8, 4) is 0 Å². The molecule has 0 aliphatic rings. The largest absolute Gasteiger partial charge is 0.483 e. The maximum atomic E-state index is 12.5. The molecule has 142 valence electrons. The molecule has 4 rings (SSSR count). The van der Waals surface area contributed by atoms with E-state index in [-0.39, 0.29) is 12.4 Å². The summed E-state index contributed by atoms with van der Waals surface area (Å²) < 4.78 is 3.25. The molecule has 0 fully saturated rings. The minimum absolute atomic E-state index is 0.206. The summed E-state index contributed by atoms with van der Waals surface area (Å²) in [6.07, 6.45) is 3.33. The fourth-order valence-corrected chi connectivity index (χ4v) is 2.51. The van der Waals surface area contributed by atoms with E-state index in [1.807, 2.05) is 25.1 Å². The number of tetrazole rings is 1. The molecule has 0 radical (unpaired) electrons. The van der Waals surface area contributed by atoms with Crippen molar-refractivity contribution in [3.05, 3.63) is 65.9 Å². The Morgan fingerprint density at radius 3 is 2.68 bits per heavy atom. The Hall–Kier alpha value is -4.15. The number of aromatic nitrogens is 7. The van der Waals surface area contributed by atoms with Crippen LogP contribution < -0.4 is 5.32 Å².